The van der Waals surface area contributed by atoms with Gasteiger partial charge in [-0.1, -0.05) is 0 Å². The van der Waals surface area contributed by atoms with E-state index in [1.165, 1.54) is 24.3 Å². The zero-order valence-corrected chi connectivity index (χ0v) is 12.3. The van der Waals surface area contributed by atoms with E-state index >= 15 is 0 Å². The predicted molar refractivity (Wildman–Crippen MR) is 77.3 cm³/mol. The Bertz CT molecular complexity index is 665. The maximum atomic E-state index is 11.9. The Balaban J connectivity index is 1.90. The number of carbonyl (C=O) groups is 1. The number of hydrogen-bond donors (Lipinski definition) is 1. The third-order valence-corrected chi connectivity index (χ3v) is 3.02. The molecule has 0 saturated carbocycles. The number of carbonyl (C=O) groups excluding carboxylic acids is 1. The number of nitrogens with one attached hydrogen (secondary N) is 1. The molecule has 22 heavy (non-hydrogen) atoms. The molecule has 9 heteroatoms. The molecule has 1 N–H and O–H groups in total. The quantitative estimate of drug-likeness (QED) is 0.631. The lowest BCUT2D eigenvalue weighted by atomic mass is 10.2. The smallest absolute Gasteiger partial charge is 0.269 e. The van der Waals surface area contributed by atoms with Crippen LogP contribution in [0.5, 0.6) is 0 Å². The molecular weight excluding hydrogens is 288 g/mol. The van der Waals surface area contributed by atoms with Crippen molar-refractivity contribution in [2.75, 3.05) is 6.54 Å². The fraction of sp³-hybridized carbons (Fsp3) is 0.385. The van der Waals surface area contributed by atoms with E-state index in [0.717, 1.165) is 0 Å². The normalized spacial score (nSPS) is 10.7. The van der Waals surface area contributed by atoms with Gasteiger partial charge in [-0.05, 0) is 36.4 Å². The van der Waals surface area contributed by atoms with Crippen molar-refractivity contribution in [1.82, 2.24) is 25.5 Å². The second kappa shape index (κ2) is 6.74. The summed E-state index contributed by atoms with van der Waals surface area (Å²) in [6, 6.07) is 5.59. The zero-order chi connectivity index (χ0) is 16.1. The predicted octanol–water partition coefficient (Wildman–Crippen LogP) is 1.13. The molecule has 0 spiro atoms. The van der Waals surface area contributed by atoms with Gasteiger partial charge in [0.1, 0.15) is 0 Å². The van der Waals surface area contributed by atoms with Crippen LogP contribution in [0.2, 0.25) is 0 Å². The second-order valence-electron chi connectivity index (χ2n) is 4.94. The minimum absolute atomic E-state index is 0.0485. The number of hydrogen-bond acceptors (Lipinski definition) is 6. The summed E-state index contributed by atoms with van der Waals surface area (Å²) in [6.45, 7) is 4.31. The molecule has 0 aliphatic heterocycles. The number of tetrazole rings is 1. The summed E-state index contributed by atoms with van der Waals surface area (Å²) < 4.78 is 1.69. The van der Waals surface area contributed by atoms with E-state index in [0.29, 0.717) is 24.4 Å². The van der Waals surface area contributed by atoms with E-state index in [1.54, 1.807) is 4.68 Å². The molecule has 0 atom stereocenters. The minimum atomic E-state index is -0.507. The van der Waals surface area contributed by atoms with Crippen LogP contribution in [0.15, 0.2) is 24.3 Å². The van der Waals surface area contributed by atoms with E-state index in [1.807, 2.05) is 13.8 Å². The number of nitro benzene ring substituents is 1. The summed E-state index contributed by atoms with van der Waals surface area (Å²) >= 11 is 0. The Morgan fingerprint density at radius 1 is 1.36 bits per heavy atom. The van der Waals surface area contributed by atoms with Gasteiger partial charge in [0.05, 0.1) is 11.0 Å². The van der Waals surface area contributed by atoms with E-state index < -0.39 is 4.92 Å². The molecule has 0 unspecified atom stereocenters. The number of benzene rings is 1. The van der Waals surface area contributed by atoms with Crippen LogP contribution < -0.4 is 5.32 Å². The van der Waals surface area contributed by atoms with Crippen molar-refractivity contribution < 1.29 is 9.72 Å². The maximum Gasteiger partial charge on any atom is 0.269 e. The Labute approximate surface area is 126 Å². The molecule has 1 aromatic heterocycles. The van der Waals surface area contributed by atoms with Gasteiger partial charge in [0.25, 0.3) is 11.6 Å². The average molecular weight is 304 g/mol. The topological polar surface area (TPSA) is 116 Å². The lowest BCUT2D eigenvalue weighted by Crippen LogP contribution is -2.26. The van der Waals surface area contributed by atoms with Crippen molar-refractivity contribution in [3.05, 3.63) is 45.8 Å². The van der Waals surface area contributed by atoms with Crippen LogP contribution in [-0.2, 0) is 6.42 Å². The molecule has 0 bridgehead atoms. The van der Waals surface area contributed by atoms with Crippen LogP contribution in [0.1, 0.15) is 36.1 Å². The van der Waals surface area contributed by atoms with Crippen molar-refractivity contribution in [2.24, 2.45) is 0 Å². The van der Waals surface area contributed by atoms with Gasteiger partial charge in [-0.2, -0.15) is 0 Å². The van der Waals surface area contributed by atoms with Crippen LogP contribution in [0, 0.1) is 10.1 Å². The standard InChI is InChI=1S/C13H16N6O3/c1-9(2)18-12(15-16-17-18)7-8-14-13(20)10-3-5-11(6-4-10)19(21)22/h3-6,9H,7-8H2,1-2H3,(H,14,20). The largest absolute Gasteiger partial charge is 0.352 e. The molecule has 1 heterocycles. The monoisotopic (exact) mass is 304 g/mol. The van der Waals surface area contributed by atoms with Crippen LogP contribution >= 0.6 is 0 Å². The van der Waals surface area contributed by atoms with Crippen molar-refractivity contribution in [3.63, 3.8) is 0 Å². The number of non-ortho nitro benzene ring substituents is 1. The summed E-state index contributed by atoms with van der Waals surface area (Å²) in [5.74, 6) is 0.400. The van der Waals surface area contributed by atoms with Gasteiger partial charge in [-0.15, -0.1) is 5.10 Å². The maximum absolute atomic E-state index is 11.9. The lowest BCUT2D eigenvalue weighted by Gasteiger charge is -2.08. The Morgan fingerprint density at radius 2 is 2.05 bits per heavy atom. The van der Waals surface area contributed by atoms with E-state index in [9.17, 15) is 14.9 Å². The molecule has 2 aromatic rings. The molecule has 0 radical (unpaired) electrons. The Hall–Kier alpha value is -2.84. The lowest BCUT2D eigenvalue weighted by molar-refractivity contribution is -0.384. The highest BCUT2D eigenvalue weighted by Gasteiger charge is 2.11. The number of rotatable bonds is 6. The summed E-state index contributed by atoms with van der Waals surface area (Å²) in [5.41, 5.74) is 0.321. The minimum Gasteiger partial charge on any atom is -0.352 e. The third-order valence-electron chi connectivity index (χ3n) is 3.02. The van der Waals surface area contributed by atoms with Gasteiger partial charge in [-0.3, -0.25) is 14.9 Å². The van der Waals surface area contributed by atoms with Gasteiger partial charge >= 0.3 is 0 Å². The molecule has 116 valence electrons. The number of amides is 1. The summed E-state index contributed by atoms with van der Waals surface area (Å²) in [7, 11) is 0. The fourth-order valence-electron chi connectivity index (χ4n) is 1.90. The van der Waals surface area contributed by atoms with Gasteiger partial charge in [0, 0.05) is 30.7 Å². The average Bonchev–Trinajstić information content (AvgIpc) is 2.96. The van der Waals surface area contributed by atoms with Crippen LogP contribution in [-0.4, -0.2) is 37.6 Å². The van der Waals surface area contributed by atoms with Crippen molar-refractivity contribution >= 4 is 11.6 Å². The number of aromatic nitrogens is 4. The Morgan fingerprint density at radius 3 is 2.64 bits per heavy atom. The van der Waals surface area contributed by atoms with Crippen molar-refractivity contribution in [1.29, 1.82) is 0 Å². The van der Waals surface area contributed by atoms with E-state index in [-0.39, 0.29) is 17.6 Å². The number of nitro groups is 1. The fourth-order valence-corrected chi connectivity index (χ4v) is 1.90. The molecule has 0 aliphatic rings. The SMILES string of the molecule is CC(C)n1nnnc1CCNC(=O)c1ccc([N+](=O)[O-])cc1. The van der Waals surface area contributed by atoms with E-state index in [4.69, 9.17) is 0 Å². The molecule has 0 aliphatic carbocycles. The molecule has 9 nitrogen and oxygen atoms in total. The molecule has 0 saturated heterocycles. The zero-order valence-electron chi connectivity index (χ0n) is 12.3. The van der Waals surface area contributed by atoms with Crippen LogP contribution in [0.25, 0.3) is 0 Å². The summed E-state index contributed by atoms with van der Waals surface area (Å²) in [4.78, 5) is 22.0. The molecule has 2 rings (SSSR count). The summed E-state index contributed by atoms with van der Waals surface area (Å²) in [5, 5.41) is 24.7. The molecular formula is C13H16N6O3. The highest BCUT2D eigenvalue weighted by molar-refractivity contribution is 5.94. The first-order chi connectivity index (χ1) is 10.5. The van der Waals surface area contributed by atoms with Gasteiger partial charge < -0.3 is 5.32 Å². The third kappa shape index (κ3) is 3.62. The molecule has 1 amide bonds. The highest BCUT2D eigenvalue weighted by atomic mass is 16.6. The first-order valence-electron chi connectivity index (χ1n) is 6.78. The highest BCUT2D eigenvalue weighted by Crippen LogP contribution is 2.11. The van der Waals surface area contributed by atoms with E-state index in [2.05, 4.69) is 20.8 Å². The van der Waals surface area contributed by atoms with Gasteiger partial charge in [-0.25, -0.2) is 4.68 Å². The second-order valence-corrected chi connectivity index (χ2v) is 4.94. The number of nitrogens with zero attached hydrogens (tertiary/aromatic N) is 5. The summed E-state index contributed by atoms with van der Waals surface area (Å²) in [6.07, 6.45) is 0.504. The van der Waals surface area contributed by atoms with Gasteiger partial charge in [0.15, 0.2) is 5.82 Å². The van der Waals surface area contributed by atoms with Crippen molar-refractivity contribution in [3.8, 4) is 0 Å². The molecule has 0 fully saturated rings. The van der Waals surface area contributed by atoms with Crippen molar-refractivity contribution in [2.45, 2.75) is 26.3 Å². The first-order valence-corrected chi connectivity index (χ1v) is 6.78. The van der Waals surface area contributed by atoms with Crippen LogP contribution in [0.4, 0.5) is 5.69 Å². The first kappa shape index (κ1) is 15.5. The Kier molecular flexibility index (Phi) is 4.77. The molecule has 1 aromatic carbocycles. The van der Waals surface area contributed by atoms with Gasteiger partial charge in [0.2, 0.25) is 0 Å². The van der Waals surface area contributed by atoms with Crippen LogP contribution in [0.3, 0.4) is 0 Å².